The molecule has 3 nitrogen and oxygen atoms in total. The Kier molecular flexibility index (Phi) is 5.90. The molecular weight excluding hydrogens is 426 g/mol. The van der Waals surface area contributed by atoms with Crippen LogP contribution in [0.1, 0.15) is 29.7 Å². The highest BCUT2D eigenvalue weighted by molar-refractivity contribution is 9.10. The van der Waals surface area contributed by atoms with Crippen LogP contribution in [0.3, 0.4) is 0 Å². The Hall–Kier alpha value is -1.45. The van der Waals surface area contributed by atoms with Gasteiger partial charge in [0.2, 0.25) is 10.0 Å². The fraction of sp³-hybridized carbons (Fsp3) is 0.250. The quantitative estimate of drug-likeness (QED) is 0.680. The minimum Gasteiger partial charge on any atom is -0.212 e. The van der Waals surface area contributed by atoms with Gasteiger partial charge in [-0.05, 0) is 36.8 Å². The third-order valence-electron chi connectivity index (χ3n) is 3.43. The highest BCUT2D eigenvalue weighted by Crippen LogP contribution is 2.31. The summed E-state index contributed by atoms with van der Waals surface area (Å²) in [5.74, 6) is -1.30. The zero-order valence-corrected chi connectivity index (χ0v) is 15.3. The van der Waals surface area contributed by atoms with Crippen LogP contribution in [0, 0.1) is 5.82 Å². The monoisotopic (exact) mass is 439 g/mol. The van der Waals surface area contributed by atoms with Gasteiger partial charge in [-0.15, -0.1) is 0 Å². The van der Waals surface area contributed by atoms with Crippen LogP contribution >= 0.6 is 15.9 Å². The average Bonchev–Trinajstić information content (AvgIpc) is 2.49. The van der Waals surface area contributed by atoms with Crippen molar-refractivity contribution in [3.8, 4) is 0 Å². The topological polar surface area (TPSA) is 46.2 Å². The number of benzene rings is 2. The summed E-state index contributed by atoms with van der Waals surface area (Å²) in [5, 5.41) is 0. The number of hydrogen-bond acceptors (Lipinski definition) is 2. The molecule has 2 aromatic carbocycles. The van der Waals surface area contributed by atoms with Gasteiger partial charge in [0.25, 0.3) is 0 Å². The molecule has 0 aliphatic carbocycles. The lowest BCUT2D eigenvalue weighted by atomic mass is 10.1. The van der Waals surface area contributed by atoms with Crippen molar-refractivity contribution < 1.29 is 26.0 Å². The second kappa shape index (κ2) is 7.43. The Morgan fingerprint density at radius 3 is 2.44 bits per heavy atom. The van der Waals surface area contributed by atoms with Crippen LogP contribution in [-0.4, -0.2) is 8.42 Å². The van der Waals surface area contributed by atoms with Crippen molar-refractivity contribution in [2.75, 3.05) is 0 Å². The first kappa shape index (κ1) is 19.9. The summed E-state index contributed by atoms with van der Waals surface area (Å²) in [5.41, 5.74) is -0.739. The van der Waals surface area contributed by atoms with Gasteiger partial charge in [0, 0.05) is 16.1 Å². The first-order chi connectivity index (χ1) is 11.5. The largest absolute Gasteiger partial charge is 0.416 e. The third-order valence-corrected chi connectivity index (χ3v) is 5.33. The number of hydrogen-bond donors (Lipinski definition) is 1. The molecular formula is C16H14BrF4NO2S. The predicted molar refractivity (Wildman–Crippen MR) is 89.7 cm³/mol. The van der Waals surface area contributed by atoms with E-state index in [0.717, 1.165) is 18.2 Å². The fourth-order valence-electron chi connectivity index (χ4n) is 2.21. The molecule has 0 radical (unpaired) electrons. The van der Waals surface area contributed by atoms with Gasteiger partial charge < -0.3 is 0 Å². The maximum Gasteiger partial charge on any atom is 0.416 e. The molecule has 9 heteroatoms. The zero-order valence-electron chi connectivity index (χ0n) is 12.9. The van der Waals surface area contributed by atoms with Crippen LogP contribution in [0.4, 0.5) is 17.6 Å². The van der Waals surface area contributed by atoms with E-state index in [2.05, 4.69) is 20.7 Å². The fourth-order valence-corrected chi connectivity index (χ4v) is 3.94. The normalized spacial score (nSPS) is 13.7. The molecule has 2 aromatic rings. The number of halogens is 5. The smallest absolute Gasteiger partial charge is 0.212 e. The average molecular weight is 440 g/mol. The summed E-state index contributed by atoms with van der Waals surface area (Å²) in [6.45, 7) is 1.42. The summed E-state index contributed by atoms with van der Waals surface area (Å²) in [7, 11) is -3.95. The molecule has 0 aliphatic rings. The molecule has 1 N–H and O–H groups in total. The van der Waals surface area contributed by atoms with E-state index in [0.29, 0.717) is 4.47 Å². The third kappa shape index (κ3) is 5.52. The lowest BCUT2D eigenvalue weighted by Gasteiger charge is -2.16. The van der Waals surface area contributed by atoms with Crippen molar-refractivity contribution in [3.05, 3.63) is 69.4 Å². The van der Waals surface area contributed by atoms with Gasteiger partial charge in [0.1, 0.15) is 5.82 Å². The molecule has 0 fully saturated rings. The van der Waals surface area contributed by atoms with Crippen molar-refractivity contribution in [3.63, 3.8) is 0 Å². The lowest BCUT2D eigenvalue weighted by Crippen LogP contribution is -2.28. The van der Waals surface area contributed by atoms with Gasteiger partial charge in [-0.2, -0.15) is 13.2 Å². The molecule has 0 bridgehead atoms. The molecule has 0 aromatic heterocycles. The lowest BCUT2D eigenvalue weighted by molar-refractivity contribution is -0.137. The molecule has 0 unspecified atom stereocenters. The molecule has 1 atom stereocenters. The number of alkyl halides is 3. The molecule has 25 heavy (non-hydrogen) atoms. The van der Waals surface area contributed by atoms with Crippen LogP contribution in [0.5, 0.6) is 0 Å². The number of nitrogens with one attached hydrogen (secondary N) is 1. The Balaban J connectivity index is 2.17. The van der Waals surface area contributed by atoms with Gasteiger partial charge in [-0.1, -0.05) is 34.1 Å². The molecule has 2 rings (SSSR count). The Morgan fingerprint density at radius 2 is 1.84 bits per heavy atom. The van der Waals surface area contributed by atoms with E-state index >= 15 is 0 Å². The molecule has 0 aliphatic heterocycles. The SMILES string of the molecule is C[C@@H](NS(=O)(=O)Cc1ccc(Br)cc1F)c1cccc(C(F)(F)F)c1. The number of rotatable bonds is 5. The molecule has 136 valence electrons. The van der Waals surface area contributed by atoms with E-state index in [-0.39, 0.29) is 11.1 Å². The minimum absolute atomic E-state index is 0.0352. The van der Waals surface area contributed by atoms with Crippen LogP contribution in [0.25, 0.3) is 0 Å². The first-order valence-electron chi connectivity index (χ1n) is 7.09. The van der Waals surface area contributed by atoms with Gasteiger partial charge in [0.05, 0.1) is 11.3 Å². The molecule has 0 saturated carbocycles. The molecule has 0 saturated heterocycles. The van der Waals surface area contributed by atoms with E-state index in [9.17, 15) is 26.0 Å². The number of sulfonamides is 1. The summed E-state index contributed by atoms with van der Waals surface area (Å²) in [6, 6.07) is 7.46. The van der Waals surface area contributed by atoms with Crippen LogP contribution in [0.2, 0.25) is 0 Å². The Bertz CT molecular complexity index is 869. The van der Waals surface area contributed by atoms with Crippen LogP contribution in [-0.2, 0) is 22.0 Å². The Labute approximate surface area is 151 Å². The maximum absolute atomic E-state index is 13.8. The van der Waals surface area contributed by atoms with Gasteiger partial charge in [-0.25, -0.2) is 17.5 Å². The highest BCUT2D eigenvalue weighted by Gasteiger charge is 2.31. The standard InChI is InChI=1S/C16H14BrF4NO2S/c1-10(11-3-2-4-13(7-11)16(19,20)21)22-25(23,24)9-12-5-6-14(17)8-15(12)18/h2-8,10,22H,9H2,1H3/t10-/m1/s1. The summed E-state index contributed by atoms with van der Waals surface area (Å²) in [6.07, 6.45) is -4.52. The second-order valence-corrected chi connectivity index (χ2v) is 8.13. The van der Waals surface area contributed by atoms with Crippen LogP contribution < -0.4 is 4.72 Å². The molecule has 0 heterocycles. The van der Waals surface area contributed by atoms with Crippen molar-refractivity contribution in [1.29, 1.82) is 0 Å². The van der Waals surface area contributed by atoms with Gasteiger partial charge in [0.15, 0.2) is 0 Å². The van der Waals surface area contributed by atoms with Crippen molar-refractivity contribution in [2.24, 2.45) is 0 Å². The van der Waals surface area contributed by atoms with E-state index < -0.39 is 39.4 Å². The summed E-state index contributed by atoms with van der Waals surface area (Å²) in [4.78, 5) is 0. The zero-order chi connectivity index (χ0) is 18.8. The van der Waals surface area contributed by atoms with Crippen molar-refractivity contribution in [1.82, 2.24) is 4.72 Å². The minimum atomic E-state index is -4.52. The predicted octanol–water partition coefficient (Wildman–Crippen LogP) is 4.79. The second-order valence-electron chi connectivity index (χ2n) is 5.46. The van der Waals surface area contributed by atoms with E-state index in [1.165, 1.54) is 31.2 Å². The molecule has 0 spiro atoms. The van der Waals surface area contributed by atoms with E-state index in [4.69, 9.17) is 0 Å². The summed E-state index contributed by atoms with van der Waals surface area (Å²) < 4.78 is 79.1. The highest BCUT2D eigenvalue weighted by atomic mass is 79.9. The van der Waals surface area contributed by atoms with Gasteiger partial charge in [-0.3, -0.25) is 0 Å². The van der Waals surface area contributed by atoms with Crippen molar-refractivity contribution in [2.45, 2.75) is 24.9 Å². The van der Waals surface area contributed by atoms with Crippen LogP contribution in [0.15, 0.2) is 46.9 Å². The van der Waals surface area contributed by atoms with E-state index in [1.807, 2.05) is 0 Å². The summed E-state index contributed by atoms with van der Waals surface area (Å²) >= 11 is 3.07. The maximum atomic E-state index is 13.8. The van der Waals surface area contributed by atoms with Crippen molar-refractivity contribution >= 4 is 26.0 Å². The Morgan fingerprint density at radius 1 is 1.16 bits per heavy atom. The van der Waals surface area contributed by atoms with E-state index in [1.54, 1.807) is 0 Å². The first-order valence-corrected chi connectivity index (χ1v) is 9.53. The molecule has 0 amide bonds. The van der Waals surface area contributed by atoms with Gasteiger partial charge >= 0.3 is 6.18 Å².